The maximum atomic E-state index is 13.8. The summed E-state index contributed by atoms with van der Waals surface area (Å²) in [6.07, 6.45) is 2.60. The number of rotatable bonds is 5. The van der Waals surface area contributed by atoms with E-state index in [4.69, 9.17) is 9.26 Å². The number of nitrogens with zero attached hydrogens (tertiary/aromatic N) is 3. The fraction of sp³-hybridized carbons (Fsp3) is 0.480. The SMILES string of the molecule is COc1ccc(F)cc1Cn1nc(C)c(NC(=O)c2noc3c2CC(C(C)(C)C)CC3)c1C. The number of fused-ring (bicyclic) bond motifs is 1. The molecule has 0 fully saturated rings. The van der Waals surface area contributed by atoms with E-state index in [0.29, 0.717) is 40.9 Å². The molecule has 1 amide bonds. The van der Waals surface area contributed by atoms with Crippen LogP contribution in [0.4, 0.5) is 10.1 Å². The Morgan fingerprint density at radius 3 is 2.79 bits per heavy atom. The maximum absolute atomic E-state index is 13.8. The number of ether oxygens (including phenoxy) is 1. The van der Waals surface area contributed by atoms with Crippen molar-refractivity contribution in [3.63, 3.8) is 0 Å². The molecule has 2 aromatic heterocycles. The minimum atomic E-state index is -0.342. The third-order valence-corrected chi connectivity index (χ3v) is 6.66. The van der Waals surface area contributed by atoms with Crippen LogP contribution in [0.2, 0.25) is 0 Å². The number of benzene rings is 1. The smallest absolute Gasteiger partial charge is 0.278 e. The lowest BCUT2D eigenvalue weighted by atomic mass is 9.71. The van der Waals surface area contributed by atoms with Crippen molar-refractivity contribution < 1.29 is 18.4 Å². The van der Waals surface area contributed by atoms with Gasteiger partial charge in [-0.25, -0.2) is 4.39 Å². The van der Waals surface area contributed by atoms with Gasteiger partial charge in [0, 0.05) is 17.5 Å². The monoisotopic (exact) mass is 454 g/mol. The average molecular weight is 455 g/mol. The van der Waals surface area contributed by atoms with Crippen molar-refractivity contribution in [1.29, 1.82) is 0 Å². The fourth-order valence-electron chi connectivity index (χ4n) is 4.56. The van der Waals surface area contributed by atoms with Crippen LogP contribution in [0.15, 0.2) is 22.7 Å². The Labute approximate surface area is 193 Å². The molecule has 1 atom stereocenters. The van der Waals surface area contributed by atoms with Gasteiger partial charge in [-0.15, -0.1) is 0 Å². The van der Waals surface area contributed by atoms with Crippen LogP contribution in [0.25, 0.3) is 0 Å². The number of hydrogen-bond donors (Lipinski definition) is 1. The molecule has 176 valence electrons. The molecule has 8 heteroatoms. The van der Waals surface area contributed by atoms with Crippen LogP contribution in [-0.2, 0) is 19.4 Å². The first-order valence-electron chi connectivity index (χ1n) is 11.2. The first-order chi connectivity index (χ1) is 15.6. The second-order valence-corrected chi connectivity index (χ2v) is 9.85. The summed E-state index contributed by atoms with van der Waals surface area (Å²) in [5.74, 6) is 1.21. The van der Waals surface area contributed by atoms with Crippen molar-refractivity contribution in [2.75, 3.05) is 12.4 Å². The number of hydrogen-bond acceptors (Lipinski definition) is 5. The Bertz CT molecular complexity index is 1190. The Balaban J connectivity index is 1.57. The van der Waals surface area contributed by atoms with Gasteiger partial charge < -0.3 is 14.6 Å². The Morgan fingerprint density at radius 2 is 2.09 bits per heavy atom. The quantitative estimate of drug-likeness (QED) is 0.581. The number of aryl methyl sites for hydroxylation is 2. The van der Waals surface area contributed by atoms with E-state index in [0.717, 1.165) is 36.3 Å². The predicted molar refractivity (Wildman–Crippen MR) is 123 cm³/mol. The lowest BCUT2D eigenvalue weighted by molar-refractivity contribution is 0.101. The van der Waals surface area contributed by atoms with Crippen LogP contribution in [0.5, 0.6) is 5.75 Å². The molecule has 0 saturated heterocycles. The summed E-state index contributed by atoms with van der Waals surface area (Å²) in [4.78, 5) is 13.2. The molecule has 0 bridgehead atoms. The summed E-state index contributed by atoms with van der Waals surface area (Å²) >= 11 is 0. The number of carbonyl (C=O) groups is 1. The van der Waals surface area contributed by atoms with Gasteiger partial charge in [-0.05, 0) is 56.2 Å². The molecule has 0 aliphatic heterocycles. The Kier molecular flexibility index (Phi) is 6.03. The lowest BCUT2D eigenvalue weighted by Crippen LogP contribution is -2.27. The molecule has 1 unspecified atom stereocenters. The molecule has 0 saturated carbocycles. The molecule has 3 aromatic rings. The Morgan fingerprint density at radius 1 is 1.33 bits per heavy atom. The zero-order valence-corrected chi connectivity index (χ0v) is 20.1. The van der Waals surface area contributed by atoms with Crippen molar-refractivity contribution in [1.82, 2.24) is 14.9 Å². The third-order valence-electron chi connectivity index (χ3n) is 6.66. The van der Waals surface area contributed by atoms with Crippen molar-refractivity contribution in [2.24, 2.45) is 11.3 Å². The minimum absolute atomic E-state index is 0.148. The second-order valence-electron chi connectivity index (χ2n) is 9.85. The zero-order chi connectivity index (χ0) is 23.9. The molecule has 33 heavy (non-hydrogen) atoms. The first kappa shape index (κ1) is 23.0. The van der Waals surface area contributed by atoms with Gasteiger partial charge in [0.15, 0.2) is 5.69 Å². The number of nitrogens with one attached hydrogen (secondary N) is 1. The largest absolute Gasteiger partial charge is 0.496 e. The minimum Gasteiger partial charge on any atom is -0.496 e. The van der Waals surface area contributed by atoms with Gasteiger partial charge in [0.25, 0.3) is 5.91 Å². The van der Waals surface area contributed by atoms with E-state index < -0.39 is 0 Å². The van der Waals surface area contributed by atoms with Gasteiger partial charge in [0.2, 0.25) is 0 Å². The summed E-state index contributed by atoms with van der Waals surface area (Å²) in [5, 5.41) is 11.6. The van der Waals surface area contributed by atoms with E-state index in [9.17, 15) is 9.18 Å². The van der Waals surface area contributed by atoms with Gasteiger partial charge in [-0.3, -0.25) is 9.48 Å². The number of aromatic nitrogens is 3. The number of halogens is 1. The van der Waals surface area contributed by atoms with Gasteiger partial charge in [-0.2, -0.15) is 5.10 Å². The molecule has 0 radical (unpaired) electrons. The van der Waals surface area contributed by atoms with Crippen LogP contribution in [0.1, 0.15) is 66.0 Å². The standard InChI is InChI=1S/C25H31FN4O3/c1-14-22(15(2)30(28-14)13-16-11-18(26)8-10-20(16)32-6)27-24(31)23-19-12-17(25(3,4)5)7-9-21(19)33-29-23/h8,10-11,17H,7,9,12-13H2,1-6H3,(H,27,31). The van der Waals surface area contributed by atoms with E-state index in [-0.39, 0.29) is 17.1 Å². The molecule has 1 aromatic carbocycles. The van der Waals surface area contributed by atoms with Crippen LogP contribution in [0, 0.1) is 31.0 Å². The normalized spacial score (nSPS) is 15.9. The van der Waals surface area contributed by atoms with E-state index in [1.54, 1.807) is 17.9 Å². The van der Waals surface area contributed by atoms with E-state index in [1.165, 1.54) is 12.1 Å². The highest BCUT2D eigenvalue weighted by Crippen LogP contribution is 2.38. The Hall–Kier alpha value is -3.16. The maximum Gasteiger partial charge on any atom is 0.278 e. The highest BCUT2D eigenvalue weighted by molar-refractivity contribution is 6.04. The van der Waals surface area contributed by atoms with Crippen molar-refractivity contribution in [3.8, 4) is 5.75 Å². The molecule has 7 nitrogen and oxygen atoms in total. The van der Waals surface area contributed by atoms with Crippen molar-refractivity contribution >= 4 is 11.6 Å². The summed E-state index contributed by atoms with van der Waals surface area (Å²) in [6.45, 7) is 10.7. The van der Waals surface area contributed by atoms with E-state index in [1.807, 2.05) is 13.8 Å². The topological polar surface area (TPSA) is 82.2 Å². The van der Waals surface area contributed by atoms with Gasteiger partial charge in [-0.1, -0.05) is 25.9 Å². The molecular weight excluding hydrogens is 423 g/mol. The summed E-state index contributed by atoms with van der Waals surface area (Å²) in [5.41, 5.74) is 4.12. The molecule has 1 aliphatic carbocycles. The van der Waals surface area contributed by atoms with Gasteiger partial charge in [0.1, 0.15) is 17.3 Å². The average Bonchev–Trinajstić information content (AvgIpc) is 3.29. The van der Waals surface area contributed by atoms with Crippen LogP contribution in [0.3, 0.4) is 0 Å². The molecule has 1 aliphatic rings. The highest BCUT2D eigenvalue weighted by Gasteiger charge is 2.34. The third kappa shape index (κ3) is 4.51. The number of methoxy groups -OCH3 is 1. The van der Waals surface area contributed by atoms with Gasteiger partial charge in [0.05, 0.1) is 30.7 Å². The fourth-order valence-corrected chi connectivity index (χ4v) is 4.56. The number of amides is 1. The number of anilines is 1. The predicted octanol–water partition coefficient (Wildman–Crippen LogP) is 5.09. The molecule has 0 spiro atoms. The summed E-state index contributed by atoms with van der Waals surface area (Å²) in [7, 11) is 1.55. The van der Waals surface area contributed by atoms with Crippen molar-refractivity contribution in [3.05, 3.63) is 58.0 Å². The summed E-state index contributed by atoms with van der Waals surface area (Å²) < 4.78 is 26.4. The second kappa shape index (κ2) is 8.65. The number of carbonyl (C=O) groups excluding carboxylic acids is 1. The van der Waals surface area contributed by atoms with Crippen LogP contribution in [-0.4, -0.2) is 28.0 Å². The highest BCUT2D eigenvalue weighted by atomic mass is 19.1. The van der Waals surface area contributed by atoms with Crippen LogP contribution >= 0.6 is 0 Å². The lowest BCUT2D eigenvalue weighted by Gasteiger charge is -2.33. The van der Waals surface area contributed by atoms with Crippen LogP contribution < -0.4 is 10.1 Å². The van der Waals surface area contributed by atoms with Gasteiger partial charge >= 0.3 is 0 Å². The van der Waals surface area contributed by atoms with E-state index >= 15 is 0 Å². The van der Waals surface area contributed by atoms with E-state index in [2.05, 4.69) is 36.3 Å². The molecule has 2 heterocycles. The van der Waals surface area contributed by atoms with Crippen molar-refractivity contribution in [2.45, 2.75) is 60.4 Å². The molecular formula is C25H31FN4O3. The molecule has 1 N–H and O–H groups in total. The first-order valence-corrected chi connectivity index (χ1v) is 11.2. The summed E-state index contributed by atoms with van der Waals surface area (Å²) in [6, 6.07) is 4.39. The molecule has 4 rings (SSSR count). The zero-order valence-electron chi connectivity index (χ0n) is 20.1.